The molecule has 1 fully saturated rings. The lowest BCUT2D eigenvalue weighted by molar-refractivity contribution is -0.190. The maximum absolute atomic E-state index is 12.5. The maximum atomic E-state index is 12.5. The van der Waals surface area contributed by atoms with E-state index >= 15 is 0 Å². The Kier molecular flexibility index (Phi) is 10.5. The quantitative estimate of drug-likeness (QED) is 0.283. The highest BCUT2D eigenvalue weighted by Gasteiger charge is 2.29. The Morgan fingerprint density at radius 1 is 0.974 bits per heavy atom. The van der Waals surface area contributed by atoms with Crippen LogP contribution in [-0.4, -0.2) is 64.0 Å². The normalized spacial score (nSPS) is 16.6. The number of benzene rings is 2. The Bertz CT molecular complexity index is 1270. The fraction of sp³-hybridized carbons (Fsp3) is 0.517. The van der Waals surface area contributed by atoms with Gasteiger partial charge in [-0.05, 0) is 69.2 Å². The van der Waals surface area contributed by atoms with Crippen molar-refractivity contribution in [1.82, 2.24) is 4.90 Å². The first-order valence-corrected chi connectivity index (χ1v) is 15.8. The molecule has 0 aromatic heterocycles. The monoisotopic (exact) mass is 576 g/mol. The zero-order valence-electron chi connectivity index (χ0n) is 22.4. The van der Waals surface area contributed by atoms with Crippen LogP contribution in [0.4, 0.5) is 11.4 Å². The topological polar surface area (TPSA) is 93.2 Å². The van der Waals surface area contributed by atoms with Gasteiger partial charge in [-0.15, -0.1) is 0 Å². The van der Waals surface area contributed by atoms with E-state index in [0.717, 1.165) is 53.8 Å². The van der Waals surface area contributed by atoms with E-state index < -0.39 is 16.1 Å². The summed E-state index contributed by atoms with van der Waals surface area (Å²) in [7, 11) is -3.31. The Morgan fingerprint density at radius 3 is 2.31 bits per heavy atom. The second-order valence-corrected chi connectivity index (χ2v) is 13.3. The average Bonchev–Trinajstić information content (AvgIpc) is 2.87. The predicted octanol–water partition coefficient (Wildman–Crippen LogP) is 5.52. The number of nitrogens with zero attached hydrogens (tertiary/aromatic N) is 2. The van der Waals surface area contributed by atoms with E-state index in [4.69, 9.17) is 9.47 Å². The molecule has 0 saturated carbocycles. The molecular formula is C29H40N2O6S2. The van der Waals surface area contributed by atoms with Crippen LogP contribution in [0.25, 0.3) is 0 Å². The summed E-state index contributed by atoms with van der Waals surface area (Å²) >= 11 is 1.66. The number of carbonyl (C=O) groups excluding carboxylic acids is 2. The van der Waals surface area contributed by atoms with Crippen LogP contribution in [0, 0.1) is 11.8 Å². The summed E-state index contributed by atoms with van der Waals surface area (Å²) in [4.78, 5) is 31.3. The molecule has 0 spiro atoms. The van der Waals surface area contributed by atoms with Crippen LogP contribution in [0.15, 0.2) is 57.2 Å². The van der Waals surface area contributed by atoms with Gasteiger partial charge in [-0.3, -0.25) is 9.59 Å². The number of ether oxygens (including phenoxy) is 2. The first-order valence-electron chi connectivity index (χ1n) is 13.0. The molecule has 1 saturated heterocycles. The van der Waals surface area contributed by atoms with E-state index in [1.54, 1.807) is 44.7 Å². The Morgan fingerprint density at radius 2 is 1.64 bits per heavy atom. The minimum Gasteiger partial charge on any atom is -0.425 e. The van der Waals surface area contributed by atoms with Gasteiger partial charge in [0, 0.05) is 29.5 Å². The Hall–Kier alpha value is -2.56. The molecule has 2 aromatic rings. The molecule has 8 nitrogen and oxygen atoms in total. The van der Waals surface area contributed by atoms with Crippen molar-refractivity contribution in [1.29, 1.82) is 0 Å². The fourth-order valence-electron chi connectivity index (χ4n) is 4.71. The van der Waals surface area contributed by atoms with Gasteiger partial charge in [-0.25, -0.2) is 8.42 Å². The number of hydrogen-bond acceptors (Lipinski definition) is 9. The smallest absolute Gasteiger partial charge is 0.312 e. The van der Waals surface area contributed by atoms with Crippen LogP contribution in [-0.2, 0) is 28.9 Å². The van der Waals surface area contributed by atoms with E-state index in [9.17, 15) is 18.0 Å². The molecule has 0 bridgehead atoms. The largest absolute Gasteiger partial charge is 0.425 e. The molecule has 214 valence electrons. The predicted molar refractivity (Wildman–Crippen MR) is 154 cm³/mol. The van der Waals surface area contributed by atoms with Gasteiger partial charge < -0.3 is 19.3 Å². The molecule has 2 heterocycles. The van der Waals surface area contributed by atoms with Crippen molar-refractivity contribution in [3.8, 4) is 0 Å². The van der Waals surface area contributed by atoms with E-state index in [2.05, 4.69) is 21.9 Å². The number of fused-ring (bicyclic) bond motifs is 2. The highest BCUT2D eigenvalue weighted by Crippen LogP contribution is 2.48. The molecular weight excluding hydrogens is 536 g/mol. The van der Waals surface area contributed by atoms with Crippen LogP contribution < -0.4 is 4.90 Å². The molecule has 2 aliphatic rings. The number of hydrogen-bond donors (Lipinski definition) is 0. The van der Waals surface area contributed by atoms with Gasteiger partial charge in [0.25, 0.3) is 0 Å². The third-order valence-electron chi connectivity index (χ3n) is 6.84. The summed E-state index contributed by atoms with van der Waals surface area (Å²) in [5.41, 5.74) is 2.01. The number of rotatable bonds is 9. The third-order valence-corrected chi connectivity index (χ3v) is 9.08. The number of anilines is 2. The Labute approximate surface area is 237 Å². The minimum atomic E-state index is -3.31. The molecule has 2 aliphatic heterocycles. The molecule has 10 heteroatoms. The maximum Gasteiger partial charge on any atom is 0.312 e. The van der Waals surface area contributed by atoms with Gasteiger partial charge in [0.1, 0.15) is 0 Å². The van der Waals surface area contributed by atoms with E-state index in [1.807, 2.05) is 18.2 Å². The molecule has 0 amide bonds. The van der Waals surface area contributed by atoms with Gasteiger partial charge in [-0.2, -0.15) is 0 Å². The second-order valence-electron chi connectivity index (χ2n) is 10.2. The standard InChI is InChI=1S/C28H36N2O6S2.CH4/c1-19(2)27(31)35-20(3)36-28(32)21-12-16-29(17-13-21)14-7-15-30-23-8-5-6-9-25(23)37-26-11-10-22(18-24(26)30)38(4,33)34;/h5-6,8-11,18-21H,7,12-17H2,1-4H3;1H4. The summed E-state index contributed by atoms with van der Waals surface area (Å²) in [5.74, 6) is -1.16. The van der Waals surface area contributed by atoms with Crippen LogP contribution >= 0.6 is 11.8 Å². The summed E-state index contributed by atoms with van der Waals surface area (Å²) in [6.45, 7) is 8.25. The third kappa shape index (κ3) is 7.77. The summed E-state index contributed by atoms with van der Waals surface area (Å²) in [5, 5.41) is 0. The Balaban J connectivity index is 0.00000420. The summed E-state index contributed by atoms with van der Waals surface area (Å²) in [6, 6.07) is 13.6. The van der Waals surface area contributed by atoms with Crippen molar-refractivity contribution < 1.29 is 27.5 Å². The molecule has 4 rings (SSSR count). The minimum absolute atomic E-state index is 0. The molecule has 1 unspecified atom stereocenters. The summed E-state index contributed by atoms with van der Waals surface area (Å²) in [6.07, 6.45) is 2.65. The number of para-hydroxylation sites is 1. The van der Waals surface area contributed by atoms with Crippen molar-refractivity contribution in [2.75, 3.05) is 37.3 Å². The van der Waals surface area contributed by atoms with E-state index in [1.165, 1.54) is 6.26 Å². The first kappa shape index (κ1) is 31.0. The molecule has 39 heavy (non-hydrogen) atoms. The van der Waals surface area contributed by atoms with Crippen molar-refractivity contribution in [3.63, 3.8) is 0 Å². The first-order chi connectivity index (χ1) is 18.0. The second kappa shape index (κ2) is 13.2. The van der Waals surface area contributed by atoms with Crippen LogP contribution in [0.3, 0.4) is 0 Å². The molecule has 0 aliphatic carbocycles. The fourth-order valence-corrected chi connectivity index (χ4v) is 6.43. The van der Waals surface area contributed by atoms with Gasteiger partial charge in [0.2, 0.25) is 6.29 Å². The van der Waals surface area contributed by atoms with Crippen LogP contribution in [0.2, 0.25) is 0 Å². The number of carbonyl (C=O) groups is 2. The van der Waals surface area contributed by atoms with Crippen LogP contribution in [0.1, 0.15) is 47.5 Å². The number of likely N-dealkylation sites (tertiary alicyclic amines) is 1. The molecule has 1 atom stereocenters. The van der Waals surface area contributed by atoms with Gasteiger partial charge in [0.15, 0.2) is 9.84 Å². The zero-order valence-corrected chi connectivity index (χ0v) is 24.0. The highest BCUT2D eigenvalue weighted by atomic mass is 32.2. The molecule has 0 radical (unpaired) electrons. The lowest BCUT2D eigenvalue weighted by atomic mass is 9.97. The van der Waals surface area contributed by atoms with E-state index in [-0.39, 0.29) is 31.2 Å². The SMILES string of the molecule is C.CC(OC(=O)C(C)C)OC(=O)C1CCN(CCCN2c3ccccc3Sc3ccc(S(C)(=O)=O)cc32)CC1. The number of esters is 2. The van der Waals surface area contributed by atoms with E-state index in [0.29, 0.717) is 17.7 Å². The number of sulfone groups is 1. The van der Waals surface area contributed by atoms with Gasteiger partial charge in [-0.1, -0.05) is 45.2 Å². The molecule has 2 aromatic carbocycles. The van der Waals surface area contributed by atoms with Crippen molar-refractivity contribution in [3.05, 3.63) is 42.5 Å². The van der Waals surface area contributed by atoms with Gasteiger partial charge >= 0.3 is 11.9 Å². The highest BCUT2D eigenvalue weighted by molar-refractivity contribution is 7.99. The van der Waals surface area contributed by atoms with Crippen LogP contribution in [0.5, 0.6) is 0 Å². The van der Waals surface area contributed by atoms with Crippen molar-refractivity contribution in [2.24, 2.45) is 11.8 Å². The van der Waals surface area contributed by atoms with Gasteiger partial charge in [0.05, 0.1) is 28.1 Å². The zero-order chi connectivity index (χ0) is 27.4. The average molecular weight is 577 g/mol. The lowest BCUT2D eigenvalue weighted by Crippen LogP contribution is -2.39. The number of piperidine rings is 1. The van der Waals surface area contributed by atoms with Crippen molar-refractivity contribution in [2.45, 2.75) is 68.4 Å². The van der Waals surface area contributed by atoms with Crippen molar-refractivity contribution >= 4 is 44.9 Å². The summed E-state index contributed by atoms with van der Waals surface area (Å²) < 4.78 is 34.9. The molecule has 0 N–H and O–H groups in total. The lowest BCUT2D eigenvalue weighted by Gasteiger charge is -2.35.